The fourth-order valence-corrected chi connectivity index (χ4v) is 6.31. The number of nitrogens with zero attached hydrogens (tertiary/aromatic N) is 2. The lowest BCUT2D eigenvalue weighted by Gasteiger charge is -2.37. The zero-order chi connectivity index (χ0) is 28.9. The number of piperazine rings is 1. The van der Waals surface area contributed by atoms with Crippen molar-refractivity contribution in [3.63, 3.8) is 0 Å². The summed E-state index contributed by atoms with van der Waals surface area (Å²) in [7, 11) is 0. The lowest BCUT2D eigenvalue weighted by molar-refractivity contribution is 0.0523. The van der Waals surface area contributed by atoms with Crippen molar-refractivity contribution < 1.29 is 14.3 Å². The number of esters is 1. The molecule has 2 heterocycles. The third-order valence-electron chi connectivity index (χ3n) is 8.41. The van der Waals surface area contributed by atoms with Crippen molar-refractivity contribution in [3.05, 3.63) is 94.6 Å². The van der Waals surface area contributed by atoms with E-state index >= 15 is 0 Å². The number of halogens is 1. The lowest BCUT2D eigenvalue weighted by atomic mass is 9.95. The van der Waals surface area contributed by atoms with Gasteiger partial charge in [0.2, 0.25) is 0 Å². The van der Waals surface area contributed by atoms with Gasteiger partial charge in [0.1, 0.15) is 17.1 Å². The number of allylic oxidation sites excluding steroid dienone is 1. The van der Waals surface area contributed by atoms with Crippen LogP contribution in [0, 0.1) is 0 Å². The first kappa shape index (κ1) is 28.4. The zero-order valence-corrected chi connectivity index (χ0v) is 25.0. The number of carbonyl (C=O) groups excluding carboxylic acids is 1. The molecule has 1 aliphatic heterocycles. The van der Waals surface area contributed by atoms with E-state index in [1.807, 2.05) is 67.7 Å². The third-order valence-corrected chi connectivity index (χ3v) is 8.66. The molecule has 6 nitrogen and oxygen atoms in total. The molecular weight excluding hydrogens is 546 g/mol. The fourth-order valence-electron chi connectivity index (χ4n) is 6.19. The van der Waals surface area contributed by atoms with Crippen LogP contribution in [-0.4, -0.2) is 55.2 Å². The van der Waals surface area contributed by atoms with Gasteiger partial charge in [0.25, 0.3) is 0 Å². The molecule has 0 amide bonds. The Morgan fingerprint density at radius 3 is 2.52 bits per heavy atom. The standard InChI is InChI=1S/C35H38ClN3O3/c1-2-41-35(40)31-16-15-28(23-34(31)42-33-10-6-9-32-30(33)17-18-37-32)39-21-19-38(20-22-39)24-26-7-4-3-5-8-29(26)25-11-13-27(36)14-12-25/h6,9-18,23,37H,2-5,7-8,19-22,24H2,1H3. The van der Waals surface area contributed by atoms with E-state index in [1.165, 1.54) is 36.8 Å². The van der Waals surface area contributed by atoms with Gasteiger partial charge in [-0.1, -0.05) is 41.8 Å². The number of H-pyrrole nitrogens is 1. The van der Waals surface area contributed by atoms with Crippen LogP contribution in [0.3, 0.4) is 0 Å². The molecule has 0 bridgehead atoms. The largest absolute Gasteiger partial charge is 0.462 e. The predicted octanol–water partition coefficient (Wildman–Crippen LogP) is 8.33. The molecule has 1 N–H and O–H groups in total. The minimum Gasteiger partial charge on any atom is -0.462 e. The maximum Gasteiger partial charge on any atom is 0.341 e. The van der Waals surface area contributed by atoms with E-state index in [4.69, 9.17) is 21.1 Å². The Kier molecular flexibility index (Phi) is 8.82. The molecule has 0 radical (unpaired) electrons. The Hall–Kier alpha value is -3.74. The van der Waals surface area contributed by atoms with E-state index in [2.05, 4.69) is 26.9 Å². The van der Waals surface area contributed by atoms with Crippen molar-refractivity contribution >= 4 is 39.7 Å². The first-order valence-electron chi connectivity index (χ1n) is 15.1. The van der Waals surface area contributed by atoms with Gasteiger partial charge in [-0.3, -0.25) is 4.90 Å². The van der Waals surface area contributed by atoms with Crippen LogP contribution in [-0.2, 0) is 4.74 Å². The maximum atomic E-state index is 12.8. The molecule has 42 heavy (non-hydrogen) atoms. The van der Waals surface area contributed by atoms with Crippen LogP contribution in [0.5, 0.6) is 11.5 Å². The summed E-state index contributed by atoms with van der Waals surface area (Å²) in [6.07, 6.45) is 8.01. The van der Waals surface area contributed by atoms with Crippen LogP contribution in [0.15, 0.2) is 78.5 Å². The molecule has 0 unspecified atom stereocenters. The van der Waals surface area contributed by atoms with E-state index < -0.39 is 0 Å². The van der Waals surface area contributed by atoms with Crippen molar-refractivity contribution in [1.29, 1.82) is 0 Å². The number of hydrogen-bond acceptors (Lipinski definition) is 5. The van der Waals surface area contributed by atoms with Crippen LogP contribution >= 0.6 is 11.6 Å². The van der Waals surface area contributed by atoms with Gasteiger partial charge in [-0.15, -0.1) is 0 Å². The summed E-state index contributed by atoms with van der Waals surface area (Å²) in [5.74, 6) is 0.839. The molecule has 1 saturated heterocycles. The van der Waals surface area contributed by atoms with Gasteiger partial charge in [-0.25, -0.2) is 4.79 Å². The minimum absolute atomic E-state index is 0.311. The van der Waals surface area contributed by atoms with Gasteiger partial charge in [0.05, 0.1) is 6.61 Å². The Morgan fingerprint density at radius 1 is 0.905 bits per heavy atom. The highest BCUT2D eigenvalue weighted by atomic mass is 35.5. The summed E-state index contributed by atoms with van der Waals surface area (Å²) in [4.78, 5) is 21.0. The number of anilines is 1. The maximum absolute atomic E-state index is 12.8. The number of fused-ring (bicyclic) bond motifs is 1. The van der Waals surface area contributed by atoms with Crippen molar-refractivity contribution in [2.75, 3.05) is 44.2 Å². The van der Waals surface area contributed by atoms with Crippen LogP contribution in [0.25, 0.3) is 16.5 Å². The van der Waals surface area contributed by atoms with Gasteiger partial charge in [-0.05, 0) is 86.2 Å². The smallest absolute Gasteiger partial charge is 0.341 e. The quantitative estimate of drug-likeness (QED) is 0.211. The molecule has 7 heteroatoms. The number of rotatable bonds is 8. The second-order valence-electron chi connectivity index (χ2n) is 11.1. The second kappa shape index (κ2) is 13.1. The highest BCUT2D eigenvalue weighted by Gasteiger charge is 2.23. The highest BCUT2D eigenvalue weighted by Crippen LogP contribution is 2.36. The molecule has 0 atom stereocenters. The van der Waals surface area contributed by atoms with Crippen molar-refractivity contribution in [2.24, 2.45) is 0 Å². The van der Waals surface area contributed by atoms with Crippen LogP contribution in [0.4, 0.5) is 5.69 Å². The van der Waals surface area contributed by atoms with E-state index in [-0.39, 0.29) is 5.97 Å². The van der Waals surface area contributed by atoms with Crippen LogP contribution in [0.1, 0.15) is 54.9 Å². The van der Waals surface area contributed by atoms with Gasteiger partial charge in [0.15, 0.2) is 0 Å². The van der Waals surface area contributed by atoms with E-state index in [1.54, 1.807) is 5.57 Å². The number of aromatic amines is 1. The number of carbonyl (C=O) groups is 1. The number of hydrogen-bond donors (Lipinski definition) is 1. The van der Waals surface area contributed by atoms with Crippen molar-refractivity contribution in [1.82, 2.24) is 9.88 Å². The fraction of sp³-hybridized carbons (Fsp3) is 0.343. The summed E-state index contributed by atoms with van der Waals surface area (Å²) in [5.41, 5.74) is 6.88. The van der Waals surface area contributed by atoms with E-state index in [0.717, 1.165) is 60.8 Å². The van der Waals surface area contributed by atoms with Gasteiger partial charge < -0.3 is 19.4 Å². The number of benzene rings is 3. The Bertz CT molecular complexity index is 1570. The number of ether oxygens (including phenoxy) is 2. The second-order valence-corrected chi connectivity index (χ2v) is 11.5. The SMILES string of the molecule is CCOC(=O)c1ccc(N2CCN(CC3=C(c4ccc(Cl)cc4)CCCCC3)CC2)cc1Oc1cccc2[nH]ccc12. The average Bonchev–Trinajstić information content (AvgIpc) is 3.38. The predicted molar refractivity (Wildman–Crippen MR) is 171 cm³/mol. The third kappa shape index (κ3) is 6.35. The summed E-state index contributed by atoms with van der Waals surface area (Å²) in [6.45, 7) is 6.93. The lowest BCUT2D eigenvalue weighted by Crippen LogP contribution is -2.47. The van der Waals surface area contributed by atoms with E-state index in [0.29, 0.717) is 23.7 Å². The molecule has 2 aliphatic rings. The number of nitrogens with one attached hydrogen (secondary N) is 1. The summed E-state index contributed by atoms with van der Waals surface area (Å²) in [5, 5.41) is 1.76. The molecule has 4 aromatic rings. The van der Waals surface area contributed by atoms with Gasteiger partial charge in [0, 0.05) is 66.6 Å². The Morgan fingerprint density at radius 2 is 1.71 bits per heavy atom. The average molecular weight is 584 g/mol. The highest BCUT2D eigenvalue weighted by molar-refractivity contribution is 6.30. The van der Waals surface area contributed by atoms with Crippen molar-refractivity contribution in [3.8, 4) is 11.5 Å². The molecule has 1 aliphatic carbocycles. The molecule has 1 aromatic heterocycles. The van der Waals surface area contributed by atoms with Crippen LogP contribution < -0.4 is 9.64 Å². The van der Waals surface area contributed by atoms with Crippen molar-refractivity contribution in [2.45, 2.75) is 39.0 Å². The minimum atomic E-state index is -0.377. The van der Waals surface area contributed by atoms with E-state index in [9.17, 15) is 4.79 Å². The number of aromatic nitrogens is 1. The molecule has 1 fully saturated rings. The van der Waals surface area contributed by atoms with Gasteiger partial charge >= 0.3 is 5.97 Å². The molecule has 0 spiro atoms. The topological polar surface area (TPSA) is 57.8 Å². The Labute approximate surface area is 252 Å². The molecule has 218 valence electrons. The first-order chi connectivity index (χ1) is 20.6. The molecule has 6 rings (SSSR count). The molecular formula is C35H38ClN3O3. The molecule has 3 aromatic carbocycles. The molecule has 0 saturated carbocycles. The summed E-state index contributed by atoms with van der Waals surface area (Å²) < 4.78 is 11.8. The first-order valence-corrected chi connectivity index (χ1v) is 15.5. The summed E-state index contributed by atoms with van der Waals surface area (Å²) >= 11 is 6.18. The van der Waals surface area contributed by atoms with Crippen LogP contribution in [0.2, 0.25) is 5.02 Å². The summed E-state index contributed by atoms with van der Waals surface area (Å²) in [6, 6.07) is 22.1. The normalized spacial score (nSPS) is 16.5. The monoisotopic (exact) mass is 583 g/mol. The zero-order valence-electron chi connectivity index (χ0n) is 24.2. The van der Waals surface area contributed by atoms with Gasteiger partial charge in [-0.2, -0.15) is 0 Å². The Balaban J connectivity index is 1.19.